The monoisotopic (exact) mass is 370 g/mol. The van der Waals surface area contributed by atoms with Crippen LogP contribution in [0.3, 0.4) is 0 Å². The number of allylic oxidation sites excluding steroid dienone is 1. The summed E-state index contributed by atoms with van der Waals surface area (Å²) in [6.07, 6.45) is 0.734. The number of rotatable bonds is 3. The summed E-state index contributed by atoms with van der Waals surface area (Å²) in [7, 11) is 0. The fourth-order valence-electron chi connectivity index (χ4n) is 0.373. The zero-order valence-electron chi connectivity index (χ0n) is 5.09. The molecular formula is C5H8I2O3. The Labute approximate surface area is 86.4 Å². The minimum atomic E-state index is -0.968. The molecule has 0 heterocycles. The molecule has 1 unspecified atom stereocenters. The van der Waals surface area contributed by atoms with Crippen LogP contribution in [0.4, 0.5) is 0 Å². The van der Waals surface area contributed by atoms with E-state index in [1.807, 2.05) is 22.6 Å². The summed E-state index contributed by atoms with van der Waals surface area (Å²) < 4.78 is 0.683. The quantitative estimate of drug-likeness (QED) is 0.407. The van der Waals surface area contributed by atoms with Gasteiger partial charge in [0.15, 0.2) is 5.76 Å². The van der Waals surface area contributed by atoms with Gasteiger partial charge in [0.05, 0.1) is 3.92 Å². The normalized spacial score (nSPS) is 12.6. The van der Waals surface area contributed by atoms with E-state index in [1.165, 1.54) is 0 Å². The number of hydrogen-bond acceptors (Lipinski definition) is 3. The molecule has 0 aromatic carbocycles. The highest BCUT2D eigenvalue weighted by Gasteiger charge is 2.12. The van der Waals surface area contributed by atoms with E-state index in [9.17, 15) is 0 Å². The van der Waals surface area contributed by atoms with Gasteiger partial charge in [-0.3, -0.25) is 0 Å². The Morgan fingerprint density at radius 3 is 2.10 bits per heavy atom. The van der Waals surface area contributed by atoms with E-state index in [0.717, 1.165) is 10.8 Å². The van der Waals surface area contributed by atoms with Crippen molar-refractivity contribution in [3.63, 3.8) is 0 Å². The first-order chi connectivity index (χ1) is 4.59. The molecule has 0 aliphatic heterocycles. The van der Waals surface area contributed by atoms with Gasteiger partial charge in [0.25, 0.3) is 0 Å². The van der Waals surface area contributed by atoms with Crippen molar-refractivity contribution in [2.75, 3.05) is 4.43 Å². The lowest BCUT2D eigenvalue weighted by atomic mass is 10.3. The van der Waals surface area contributed by atoms with Crippen LogP contribution in [0.2, 0.25) is 0 Å². The zero-order valence-corrected chi connectivity index (χ0v) is 9.40. The summed E-state index contributed by atoms with van der Waals surface area (Å²) in [4.78, 5) is 0. The van der Waals surface area contributed by atoms with E-state index in [4.69, 9.17) is 15.3 Å². The zero-order chi connectivity index (χ0) is 8.15. The lowest BCUT2D eigenvalue weighted by Crippen LogP contribution is -2.05. The molecule has 0 saturated carbocycles. The van der Waals surface area contributed by atoms with Crippen LogP contribution in [-0.2, 0) is 0 Å². The van der Waals surface area contributed by atoms with Gasteiger partial charge in [-0.2, -0.15) is 0 Å². The highest BCUT2D eigenvalue weighted by molar-refractivity contribution is 14.1. The summed E-state index contributed by atoms with van der Waals surface area (Å²) >= 11 is 4.11. The number of aliphatic hydroxyl groups excluding tert-OH is 2. The highest BCUT2D eigenvalue weighted by atomic mass is 127. The fourth-order valence-corrected chi connectivity index (χ4v) is 2.78. The first-order valence-corrected chi connectivity index (χ1v) is 5.37. The van der Waals surface area contributed by atoms with Crippen LogP contribution in [0.5, 0.6) is 0 Å². The standard InChI is InChI=1S/C5H8I2O3/c6-2-1-3(7)4(8)5(9)10/h3,8-10H,1-2H2. The lowest BCUT2D eigenvalue weighted by molar-refractivity contribution is 0.156. The third-order valence-corrected chi connectivity index (χ3v) is 2.72. The van der Waals surface area contributed by atoms with Crippen molar-refractivity contribution in [3.05, 3.63) is 11.7 Å². The van der Waals surface area contributed by atoms with Crippen molar-refractivity contribution in [1.29, 1.82) is 0 Å². The number of halogens is 2. The van der Waals surface area contributed by atoms with Gasteiger partial charge < -0.3 is 15.3 Å². The fraction of sp³-hybridized carbons (Fsp3) is 0.600. The molecule has 0 fully saturated rings. The maximum atomic E-state index is 8.89. The molecule has 3 nitrogen and oxygen atoms in total. The largest absolute Gasteiger partial charge is 0.505 e. The molecule has 0 saturated heterocycles. The second-order valence-electron chi connectivity index (χ2n) is 1.65. The summed E-state index contributed by atoms with van der Waals surface area (Å²) in [6.45, 7) is 0. The molecule has 3 N–H and O–H groups in total. The van der Waals surface area contributed by atoms with Crippen LogP contribution >= 0.6 is 45.2 Å². The molecule has 1 atom stereocenters. The highest BCUT2D eigenvalue weighted by Crippen LogP contribution is 2.16. The van der Waals surface area contributed by atoms with Crippen molar-refractivity contribution in [3.8, 4) is 0 Å². The number of aliphatic hydroxyl groups is 3. The summed E-state index contributed by atoms with van der Waals surface area (Å²) in [5.74, 6) is -1.30. The molecule has 10 heavy (non-hydrogen) atoms. The average Bonchev–Trinajstić information content (AvgIpc) is 1.87. The molecule has 0 aliphatic carbocycles. The molecular weight excluding hydrogens is 362 g/mol. The first kappa shape index (κ1) is 10.6. The minimum Gasteiger partial charge on any atom is -0.505 e. The van der Waals surface area contributed by atoms with Gasteiger partial charge in [-0.05, 0) is 6.42 Å². The predicted octanol–water partition coefficient (Wildman–Crippen LogP) is 2.46. The van der Waals surface area contributed by atoms with Crippen molar-refractivity contribution in [2.45, 2.75) is 10.3 Å². The Morgan fingerprint density at radius 2 is 1.80 bits per heavy atom. The van der Waals surface area contributed by atoms with Gasteiger partial charge in [0.2, 0.25) is 0 Å². The molecule has 0 bridgehead atoms. The predicted molar refractivity (Wildman–Crippen MR) is 56.2 cm³/mol. The molecule has 0 amide bonds. The Bertz CT molecular complexity index is 131. The van der Waals surface area contributed by atoms with Gasteiger partial charge in [-0.25, -0.2) is 0 Å². The van der Waals surface area contributed by atoms with Crippen LogP contribution in [0.15, 0.2) is 11.7 Å². The van der Waals surface area contributed by atoms with Gasteiger partial charge in [0, 0.05) is 4.43 Å². The topological polar surface area (TPSA) is 60.7 Å². The van der Waals surface area contributed by atoms with Gasteiger partial charge in [-0.15, -0.1) is 0 Å². The molecule has 0 radical (unpaired) electrons. The Morgan fingerprint density at radius 1 is 1.30 bits per heavy atom. The molecule has 0 aromatic rings. The molecule has 0 aromatic heterocycles. The van der Waals surface area contributed by atoms with Crippen LogP contribution in [0, 0.1) is 0 Å². The molecule has 0 rings (SSSR count). The van der Waals surface area contributed by atoms with Crippen molar-refractivity contribution < 1.29 is 15.3 Å². The molecule has 60 valence electrons. The Hall–Kier alpha value is 0.600. The molecule has 0 aliphatic rings. The van der Waals surface area contributed by atoms with E-state index < -0.39 is 5.95 Å². The summed E-state index contributed by atoms with van der Waals surface area (Å²) in [6, 6.07) is 0. The van der Waals surface area contributed by atoms with Gasteiger partial charge in [-0.1, -0.05) is 45.2 Å². The van der Waals surface area contributed by atoms with Crippen LogP contribution in [-0.4, -0.2) is 23.7 Å². The van der Waals surface area contributed by atoms with Crippen LogP contribution in [0.1, 0.15) is 6.42 Å². The van der Waals surface area contributed by atoms with E-state index in [-0.39, 0.29) is 9.68 Å². The third-order valence-electron chi connectivity index (χ3n) is 0.888. The van der Waals surface area contributed by atoms with Crippen LogP contribution < -0.4 is 0 Å². The maximum absolute atomic E-state index is 8.89. The third kappa shape index (κ3) is 3.69. The average molecular weight is 370 g/mol. The second kappa shape index (κ2) is 5.28. The SMILES string of the molecule is OC(O)=C(O)C(I)CCI. The molecule has 5 heteroatoms. The maximum Gasteiger partial charge on any atom is 0.314 e. The lowest BCUT2D eigenvalue weighted by Gasteiger charge is -2.05. The smallest absolute Gasteiger partial charge is 0.314 e. The van der Waals surface area contributed by atoms with Gasteiger partial charge in [0.1, 0.15) is 0 Å². The number of hydrogen-bond donors (Lipinski definition) is 3. The van der Waals surface area contributed by atoms with Gasteiger partial charge >= 0.3 is 5.95 Å². The van der Waals surface area contributed by atoms with Crippen molar-refractivity contribution in [2.24, 2.45) is 0 Å². The first-order valence-electron chi connectivity index (χ1n) is 2.60. The molecule has 0 spiro atoms. The van der Waals surface area contributed by atoms with E-state index >= 15 is 0 Å². The van der Waals surface area contributed by atoms with E-state index in [0.29, 0.717) is 0 Å². The van der Waals surface area contributed by atoms with Crippen LogP contribution in [0.25, 0.3) is 0 Å². The number of alkyl halides is 2. The second-order valence-corrected chi connectivity index (χ2v) is 4.24. The van der Waals surface area contributed by atoms with E-state index in [2.05, 4.69) is 22.6 Å². The Kier molecular flexibility index (Phi) is 5.59. The van der Waals surface area contributed by atoms with Crippen molar-refractivity contribution in [1.82, 2.24) is 0 Å². The Balaban J connectivity index is 3.94. The van der Waals surface area contributed by atoms with Crippen molar-refractivity contribution >= 4 is 45.2 Å². The summed E-state index contributed by atoms with van der Waals surface area (Å²) in [5, 5.41) is 25.7. The summed E-state index contributed by atoms with van der Waals surface area (Å²) in [5.41, 5.74) is 0. The van der Waals surface area contributed by atoms with E-state index in [1.54, 1.807) is 0 Å². The minimum absolute atomic E-state index is 0.195.